The monoisotopic (exact) mass is 434 g/mol. The summed E-state index contributed by atoms with van der Waals surface area (Å²) in [5, 5.41) is 24.8. The van der Waals surface area contributed by atoms with Crippen LogP contribution in [-0.2, 0) is 17.5 Å². The number of piperidine rings is 1. The molecule has 1 saturated heterocycles. The number of aromatic hydroxyl groups is 1. The highest BCUT2D eigenvalue weighted by Crippen LogP contribution is 2.39. The standard InChI is InChI=1S/C22H34N2O5Si/c1-22(2,3)30(4,5)28-14-17-19(25)9-7-16-18(23-29-20(16)17)8-6-15-10-12-24(13-11-15)21(26)27/h7,9,15,25H,6,8,10-14H2,1-5H3,(H,26,27). The van der Waals surface area contributed by atoms with Gasteiger partial charge in [-0.05, 0) is 61.9 Å². The minimum atomic E-state index is -1.96. The van der Waals surface area contributed by atoms with E-state index in [-0.39, 0.29) is 10.8 Å². The fourth-order valence-electron chi connectivity index (χ4n) is 3.64. The number of phenols is 1. The lowest BCUT2D eigenvalue weighted by Gasteiger charge is -2.36. The first-order valence-corrected chi connectivity index (χ1v) is 13.6. The maximum atomic E-state index is 11.1. The van der Waals surface area contributed by atoms with E-state index in [2.05, 4.69) is 39.0 Å². The minimum Gasteiger partial charge on any atom is -0.507 e. The molecule has 0 atom stereocenters. The Balaban J connectivity index is 1.69. The van der Waals surface area contributed by atoms with E-state index in [1.165, 1.54) is 4.90 Å². The molecule has 30 heavy (non-hydrogen) atoms. The predicted molar refractivity (Wildman–Crippen MR) is 118 cm³/mol. The average Bonchev–Trinajstić information content (AvgIpc) is 3.08. The third-order valence-electron chi connectivity index (χ3n) is 6.85. The predicted octanol–water partition coefficient (Wildman–Crippen LogP) is 5.38. The SMILES string of the molecule is CC(C)(C)[Si](C)(C)OCc1c(O)ccc2c(CCC3CCN(C(=O)O)CC3)noc12. The summed E-state index contributed by atoms with van der Waals surface area (Å²) in [6, 6.07) is 3.55. The van der Waals surface area contributed by atoms with E-state index in [9.17, 15) is 9.90 Å². The van der Waals surface area contributed by atoms with Gasteiger partial charge in [0.2, 0.25) is 0 Å². The topological polar surface area (TPSA) is 96.0 Å². The van der Waals surface area contributed by atoms with Gasteiger partial charge in [0, 0.05) is 18.5 Å². The summed E-state index contributed by atoms with van der Waals surface area (Å²) >= 11 is 0. The summed E-state index contributed by atoms with van der Waals surface area (Å²) in [5.41, 5.74) is 2.15. The molecule has 1 fully saturated rings. The molecule has 0 spiro atoms. The number of hydrogen-bond acceptors (Lipinski definition) is 5. The number of carbonyl (C=O) groups is 1. The van der Waals surface area contributed by atoms with Crippen molar-refractivity contribution >= 4 is 25.4 Å². The molecule has 2 heterocycles. The van der Waals surface area contributed by atoms with E-state index in [0.717, 1.165) is 36.8 Å². The fraction of sp³-hybridized carbons (Fsp3) is 0.636. The van der Waals surface area contributed by atoms with Crippen LogP contribution in [0.5, 0.6) is 5.75 Å². The number of rotatable bonds is 6. The van der Waals surface area contributed by atoms with Crippen LogP contribution in [0, 0.1) is 5.92 Å². The molecular formula is C22H34N2O5Si. The van der Waals surface area contributed by atoms with Crippen molar-refractivity contribution < 1.29 is 24.0 Å². The Morgan fingerprint density at radius 3 is 2.57 bits per heavy atom. The van der Waals surface area contributed by atoms with Gasteiger partial charge in [-0.25, -0.2) is 4.79 Å². The van der Waals surface area contributed by atoms with Crippen molar-refractivity contribution in [1.29, 1.82) is 0 Å². The van der Waals surface area contributed by atoms with Crippen LogP contribution in [0.25, 0.3) is 11.0 Å². The lowest BCUT2D eigenvalue weighted by Crippen LogP contribution is -2.40. The Morgan fingerprint density at radius 1 is 1.30 bits per heavy atom. The largest absolute Gasteiger partial charge is 0.507 e. The Kier molecular flexibility index (Phi) is 6.47. The van der Waals surface area contributed by atoms with Gasteiger partial charge in [-0.1, -0.05) is 25.9 Å². The number of likely N-dealkylation sites (tertiary alicyclic amines) is 1. The van der Waals surface area contributed by atoms with Crippen molar-refractivity contribution in [3.63, 3.8) is 0 Å². The summed E-state index contributed by atoms with van der Waals surface area (Å²) in [4.78, 5) is 12.5. The molecule has 1 aromatic carbocycles. The van der Waals surface area contributed by atoms with Crippen LogP contribution in [-0.4, -0.2) is 47.8 Å². The number of aromatic nitrogens is 1. The molecule has 7 nitrogen and oxygen atoms in total. The van der Waals surface area contributed by atoms with Crippen molar-refractivity contribution in [2.24, 2.45) is 5.92 Å². The van der Waals surface area contributed by atoms with E-state index in [1.54, 1.807) is 6.07 Å². The van der Waals surface area contributed by atoms with Crippen LogP contribution < -0.4 is 0 Å². The molecule has 3 rings (SSSR count). The van der Waals surface area contributed by atoms with E-state index >= 15 is 0 Å². The van der Waals surface area contributed by atoms with Gasteiger partial charge in [0.25, 0.3) is 0 Å². The average molecular weight is 435 g/mol. The number of hydrogen-bond donors (Lipinski definition) is 2. The normalized spacial score (nSPS) is 16.4. The van der Waals surface area contributed by atoms with Gasteiger partial charge < -0.3 is 24.1 Å². The molecule has 0 unspecified atom stereocenters. The maximum absolute atomic E-state index is 11.1. The summed E-state index contributed by atoms with van der Waals surface area (Å²) in [5.74, 6) is 0.663. The molecule has 0 aliphatic carbocycles. The Labute approximate surface area is 179 Å². The van der Waals surface area contributed by atoms with Gasteiger partial charge in [-0.15, -0.1) is 0 Å². The van der Waals surface area contributed by atoms with Crippen molar-refractivity contribution in [3.05, 3.63) is 23.4 Å². The Morgan fingerprint density at radius 2 is 1.97 bits per heavy atom. The second-order valence-electron chi connectivity index (χ2n) is 9.87. The first kappa shape index (κ1) is 22.6. The smallest absolute Gasteiger partial charge is 0.407 e. The Hall–Kier alpha value is -2.06. The van der Waals surface area contributed by atoms with Gasteiger partial charge in [0.1, 0.15) is 5.75 Å². The van der Waals surface area contributed by atoms with Crippen LogP contribution in [0.4, 0.5) is 4.79 Å². The van der Waals surface area contributed by atoms with Crippen LogP contribution in [0.1, 0.15) is 51.3 Å². The highest BCUT2D eigenvalue weighted by molar-refractivity contribution is 6.74. The van der Waals surface area contributed by atoms with Crippen molar-refractivity contribution in [2.45, 2.75) is 71.2 Å². The highest BCUT2D eigenvalue weighted by atomic mass is 28.4. The second kappa shape index (κ2) is 8.59. The van der Waals surface area contributed by atoms with Crippen molar-refractivity contribution in [3.8, 4) is 5.75 Å². The van der Waals surface area contributed by atoms with Crippen molar-refractivity contribution in [1.82, 2.24) is 10.1 Å². The first-order chi connectivity index (χ1) is 14.0. The number of nitrogens with zero attached hydrogens (tertiary/aromatic N) is 2. The number of fused-ring (bicyclic) bond motifs is 1. The maximum Gasteiger partial charge on any atom is 0.407 e. The van der Waals surface area contributed by atoms with E-state index in [1.807, 2.05) is 6.07 Å². The lowest BCUT2D eigenvalue weighted by molar-refractivity contribution is 0.123. The molecule has 1 aliphatic heterocycles. The zero-order valence-corrected chi connectivity index (χ0v) is 19.7. The van der Waals surface area contributed by atoms with Gasteiger partial charge in [-0.2, -0.15) is 0 Å². The molecule has 1 amide bonds. The molecule has 0 saturated carbocycles. The summed E-state index contributed by atoms with van der Waals surface area (Å²) in [6.07, 6.45) is 2.66. The van der Waals surface area contributed by atoms with Crippen LogP contribution in [0.3, 0.4) is 0 Å². The Bertz CT molecular complexity index is 895. The quantitative estimate of drug-likeness (QED) is 0.593. The lowest BCUT2D eigenvalue weighted by atomic mass is 9.91. The van der Waals surface area contributed by atoms with Gasteiger partial charge in [0.05, 0.1) is 17.9 Å². The molecule has 2 N–H and O–H groups in total. The number of benzene rings is 1. The zero-order valence-electron chi connectivity index (χ0n) is 18.7. The summed E-state index contributed by atoms with van der Waals surface area (Å²) in [6.45, 7) is 12.4. The number of aryl methyl sites for hydroxylation is 1. The molecule has 1 aliphatic rings. The van der Waals surface area contributed by atoms with Crippen LogP contribution >= 0.6 is 0 Å². The van der Waals surface area contributed by atoms with E-state index in [4.69, 9.17) is 14.1 Å². The van der Waals surface area contributed by atoms with E-state index < -0.39 is 14.4 Å². The molecule has 8 heteroatoms. The molecule has 0 radical (unpaired) electrons. The first-order valence-electron chi connectivity index (χ1n) is 10.7. The number of amides is 1. The number of carboxylic acid groups (broad SMARTS) is 1. The third kappa shape index (κ3) is 4.80. The molecular weight excluding hydrogens is 400 g/mol. The highest BCUT2D eigenvalue weighted by Gasteiger charge is 2.37. The molecule has 0 bridgehead atoms. The zero-order chi connectivity index (χ0) is 22.1. The minimum absolute atomic E-state index is 0.0826. The second-order valence-corrected chi connectivity index (χ2v) is 14.7. The molecule has 166 valence electrons. The number of phenolic OH excluding ortho intramolecular Hbond substituents is 1. The van der Waals surface area contributed by atoms with Gasteiger partial charge in [-0.3, -0.25) is 0 Å². The molecule has 2 aromatic rings. The fourth-order valence-corrected chi connectivity index (χ4v) is 4.58. The van der Waals surface area contributed by atoms with Gasteiger partial charge in [0.15, 0.2) is 13.9 Å². The van der Waals surface area contributed by atoms with E-state index in [0.29, 0.717) is 36.8 Å². The van der Waals surface area contributed by atoms with Crippen molar-refractivity contribution in [2.75, 3.05) is 13.1 Å². The van der Waals surface area contributed by atoms with Gasteiger partial charge >= 0.3 is 6.09 Å². The summed E-state index contributed by atoms with van der Waals surface area (Å²) in [7, 11) is -1.96. The third-order valence-corrected chi connectivity index (χ3v) is 11.3. The van der Waals surface area contributed by atoms with Crippen LogP contribution in [0.2, 0.25) is 18.1 Å². The summed E-state index contributed by atoms with van der Waals surface area (Å²) < 4.78 is 11.9. The molecule has 1 aromatic heterocycles. The van der Waals surface area contributed by atoms with Crippen LogP contribution in [0.15, 0.2) is 16.7 Å².